The second-order valence-corrected chi connectivity index (χ2v) is 9.63. The van der Waals surface area contributed by atoms with Gasteiger partial charge in [-0.1, -0.05) is 47.6 Å². The molecular formula is C30H27N5O4. The molecule has 3 aromatic carbocycles. The maximum atomic E-state index is 12.0. The Morgan fingerprint density at radius 1 is 1.08 bits per heavy atom. The van der Waals surface area contributed by atoms with E-state index in [-0.39, 0.29) is 6.42 Å². The number of carboxylic acids is 1. The zero-order valence-corrected chi connectivity index (χ0v) is 22.0. The van der Waals surface area contributed by atoms with Crippen molar-refractivity contribution in [3.63, 3.8) is 0 Å². The lowest BCUT2D eigenvalue weighted by atomic mass is 9.96. The lowest BCUT2D eigenvalue weighted by Crippen LogP contribution is -2.17. The minimum absolute atomic E-state index is 0.125. The van der Waals surface area contributed by atoms with Gasteiger partial charge in [-0.3, -0.25) is 4.79 Å². The predicted octanol–water partition coefficient (Wildman–Crippen LogP) is 6.48. The second-order valence-electron chi connectivity index (χ2n) is 9.63. The quantitative estimate of drug-likeness (QED) is 0.218. The third-order valence-corrected chi connectivity index (χ3v) is 7.07. The fourth-order valence-electron chi connectivity index (χ4n) is 5.40. The lowest BCUT2D eigenvalue weighted by molar-refractivity contribution is -0.137. The summed E-state index contributed by atoms with van der Waals surface area (Å²) < 4.78 is 11.2. The highest BCUT2D eigenvalue weighted by Crippen LogP contribution is 2.41. The van der Waals surface area contributed by atoms with Crippen molar-refractivity contribution in [2.24, 2.45) is 0 Å². The number of nitrogens with zero attached hydrogens (tertiary/aromatic N) is 3. The van der Waals surface area contributed by atoms with Crippen LogP contribution in [0.2, 0.25) is 0 Å². The van der Waals surface area contributed by atoms with Crippen LogP contribution in [0.4, 0.5) is 5.82 Å². The number of aromatic amines is 1. The van der Waals surface area contributed by atoms with Crippen molar-refractivity contribution in [1.29, 1.82) is 0 Å². The number of rotatable bonds is 7. The first-order valence-electron chi connectivity index (χ1n) is 12.6. The maximum Gasteiger partial charge on any atom is 0.305 e. The average Bonchev–Trinajstić information content (AvgIpc) is 3.44. The molecule has 0 aliphatic heterocycles. The van der Waals surface area contributed by atoms with Crippen molar-refractivity contribution in [3.8, 4) is 16.9 Å². The number of H-pyrrole nitrogens is 1. The van der Waals surface area contributed by atoms with Crippen LogP contribution in [0.25, 0.3) is 43.8 Å². The van der Waals surface area contributed by atoms with Gasteiger partial charge in [-0.25, -0.2) is 9.97 Å². The topological polar surface area (TPSA) is 126 Å². The van der Waals surface area contributed by atoms with E-state index >= 15 is 0 Å². The van der Waals surface area contributed by atoms with Crippen LogP contribution in [0.5, 0.6) is 5.75 Å². The van der Waals surface area contributed by atoms with Crippen LogP contribution >= 0.6 is 0 Å². The van der Waals surface area contributed by atoms with Crippen LogP contribution in [-0.2, 0) is 4.79 Å². The molecule has 1 atom stereocenters. The Morgan fingerprint density at radius 2 is 1.87 bits per heavy atom. The van der Waals surface area contributed by atoms with Crippen LogP contribution in [0.1, 0.15) is 35.3 Å². The Morgan fingerprint density at radius 3 is 2.62 bits per heavy atom. The number of ether oxygens (including phenoxy) is 1. The Balaban J connectivity index is 1.55. The predicted molar refractivity (Wildman–Crippen MR) is 150 cm³/mol. The number of fused-ring (bicyclic) bond motifs is 4. The number of aryl methyl sites for hydroxylation is 3. The van der Waals surface area contributed by atoms with E-state index in [0.717, 1.165) is 49.4 Å². The van der Waals surface area contributed by atoms with E-state index in [1.807, 2.05) is 75.4 Å². The van der Waals surface area contributed by atoms with Crippen molar-refractivity contribution < 1.29 is 19.2 Å². The van der Waals surface area contributed by atoms with Gasteiger partial charge in [0.25, 0.3) is 0 Å². The van der Waals surface area contributed by atoms with Crippen molar-refractivity contribution in [2.75, 3.05) is 12.4 Å². The monoisotopic (exact) mass is 521 g/mol. The summed E-state index contributed by atoms with van der Waals surface area (Å²) in [4.78, 5) is 24.8. The second kappa shape index (κ2) is 9.43. The number of anilines is 1. The molecule has 196 valence electrons. The van der Waals surface area contributed by atoms with Gasteiger partial charge in [0, 0.05) is 16.5 Å². The number of methoxy groups -OCH3 is 1. The third kappa shape index (κ3) is 4.21. The van der Waals surface area contributed by atoms with E-state index in [1.54, 1.807) is 7.11 Å². The van der Waals surface area contributed by atoms with E-state index in [9.17, 15) is 9.90 Å². The molecule has 0 amide bonds. The molecular weight excluding hydrogens is 494 g/mol. The number of hydrogen-bond donors (Lipinski definition) is 3. The normalized spacial score (nSPS) is 12.3. The fourth-order valence-corrected chi connectivity index (χ4v) is 5.40. The Labute approximate surface area is 223 Å². The molecule has 6 aromatic rings. The smallest absolute Gasteiger partial charge is 0.305 e. The first kappa shape index (κ1) is 24.4. The molecule has 3 aromatic heterocycles. The summed E-state index contributed by atoms with van der Waals surface area (Å²) in [5, 5.41) is 21.0. The summed E-state index contributed by atoms with van der Waals surface area (Å²) in [6.07, 6.45) is -0.125. The van der Waals surface area contributed by atoms with Gasteiger partial charge in [0.1, 0.15) is 28.8 Å². The van der Waals surface area contributed by atoms with Gasteiger partial charge in [-0.15, -0.1) is 0 Å². The van der Waals surface area contributed by atoms with Crippen LogP contribution in [0, 0.1) is 20.8 Å². The molecule has 0 aliphatic rings. The molecule has 1 unspecified atom stereocenters. The van der Waals surface area contributed by atoms with E-state index in [1.165, 1.54) is 0 Å². The Kier molecular flexibility index (Phi) is 5.91. The summed E-state index contributed by atoms with van der Waals surface area (Å²) in [6.45, 7) is 5.58. The first-order chi connectivity index (χ1) is 18.8. The zero-order valence-electron chi connectivity index (χ0n) is 22.0. The maximum absolute atomic E-state index is 12.0. The number of carbonyl (C=O) groups is 1. The van der Waals surface area contributed by atoms with Gasteiger partial charge in [0.2, 0.25) is 0 Å². The van der Waals surface area contributed by atoms with Crippen LogP contribution < -0.4 is 10.1 Å². The highest BCUT2D eigenvalue weighted by molar-refractivity contribution is 6.13. The molecule has 0 saturated carbocycles. The number of benzene rings is 3. The lowest BCUT2D eigenvalue weighted by Gasteiger charge is -2.21. The van der Waals surface area contributed by atoms with Gasteiger partial charge in [-0.05, 0) is 49.2 Å². The number of nitrogens with one attached hydrogen (secondary N) is 2. The fraction of sp³-hybridized carbons (Fsp3) is 0.200. The molecule has 3 N–H and O–H groups in total. The summed E-state index contributed by atoms with van der Waals surface area (Å²) in [7, 11) is 1.63. The molecule has 0 fully saturated rings. The van der Waals surface area contributed by atoms with Gasteiger partial charge in [0.15, 0.2) is 0 Å². The van der Waals surface area contributed by atoms with E-state index in [0.29, 0.717) is 28.8 Å². The average molecular weight is 522 g/mol. The standard InChI is InChI=1S/C30H27N5O4/c1-15-27(16(2)39-35-15)22-12-23-21(13-25(22)38-4)28-29(33-23)31-17(3)32-30(28)34-24(14-26(36)37)20-11-7-9-18-8-5-6-10-19(18)20/h5-13,24H,14H2,1-4H3,(H,36,37)(H2,31,32,33,34). The van der Waals surface area contributed by atoms with E-state index in [2.05, 4.69) is 20.4 Å². The van der Waals surface area contributed by atoms with Crippen LogP contribution in [0.3, 0.4) is 0 Å². The molecule has 0 saturated heterocycles. The number of hydrogen-bond acceptors (Lipinski definition) is 7. The van der Waals surface area contributed by atoms with E-state index in [4.69, 9.17) is 14.2 Å². The Hall–Kier alpha value is -4.92. The molecule has 0 bridgehead atoms. The number of aromatic nitrogens is 4. The first-order valence-corrected chi connectivity index (χ1v) is 12.6. The number of aliphatic carboxylic acids is 1. The zero-order chi connectivity index (χ0) is 27.3. The molecule has 39 heavy (non-hydrogen) atoms. The van der Waals surface area contributed by atoms with Gasteiger partial charge in [0.05, 0.1) is 36.2 Å². The molecule has 3 heterocycles. The van der Waals surface area contributed by atoms with E-state index < -0.39 is 12.0 Å². The minimum Gasteiger partial charge on any atom is -0.496 e. The molecule has 0 aliphatic carbocycles. The summed E-state index contributed by atoms with van der Waals surface area (Å²) >= 11 is 0. The van der Waals surface area contributed by atoms with Crippen LogP contribution in [0.15, 0.2) is 59.1 Å². The van der Waals surface area contributed by atoms with Gasteiger partial charge in [-0.2, -0.15) is 0 Å². The molecule has 9 heteroatoms. The minimum atomic E-state index is -0.910. The van der Waals surface area contributed by atoms with Gasteiger partial charge < -0.3 is 24.7 Å². The highest BCUT2D eigenvalue weighted by atomic mass is 16.5. The van der Waals surface area contributed by atoms with Crippen molar-refractivity contribution in [1.82, 2.24) is 20.1 Å². The summed E-state index contributed by atoms with van der Waals surface area (Å²) in [5.74, 6) is 1.55. The summed E-state index contributed by atoms with van der Waals surface area (Å²) in [6, 6.07) is 17.3. The van der Waals surface area contributed by atoms with Gasteiger partial charge >= 0.3 is 5.97 Å². The number of carboxylic acid groups (broad SMARTS) is 1. The molecule has 9 nitrogen and oxygen atoms in total. The molecule has 6 rings (SSSR count). The highest BCUT2D eigenvalue weighted by Gasteiger charge is 2.23. The molecule has 0 radical (unpaired) electrons. The molecule has 0 spiro atoms. The Bertz CT molecular complexity index is 1860. The SMILES string of the molecule is COc1cc2c(cc1-c1c(C)noc1C)[nH]c1nc(C)nc(NC(CC(=O)O)c3cccc4ccccc34)c12. The summed E-state index contributed by atoms with van der Waals surface area (Å²) in [5.41, 5.74) is 4.87. The van der Waals surface area contributed by atoms with Crippen molar-refractivity contribution in [2.45, 2.75) is 33.2 Å². The van der Waals surface area contributed by atoms with Crippen molar-refractivity contribution in [3.05, 3.63) is 77.4 Å². The van der Waals surface area contributed by atoms with Crippen LogP contribution in [-0.4, -0.2) is 38.3 Å². The largest absolute Gasteiger partial charge is 0.496 e. The van der Waals surface area contributed by atoms with Crippen molar-refractivity contribution >= 4 is 44.5 Å². The third-order valence-electron chi connectivity index (χ3n) is 7.07.